The lowest BCUT2D eigenvalue weighted by Gasteiger charge is -2.35. The molecule has 144 valence electrons. The van der Waals surface area contributed by atoms with Gasteiger partial charge in [-0.15, -0.1) is 0 Å². The molecular weight excluding hydrogens is 370 g/mol. The van der Waals surface area contributed by atoms with E-state index >= 15 is 0 Å². The molecule has 1 aromatic heterocycles. The number of hydrogen-bond acceptors (Lipinski definition) is 5. The highest BCUT2D eigenvalue weighted by atomic mass is 35.5. The van der Waals surface area contributed by atoms with Crippen LogP contribution in [0, 0.1) is 6.92 Å². The minimum atomic E-state index is 0.615. The number of aryl methyl sites for hydroxylation is 1. The zero-order valence-electron chi connectivity index (χ0n) is 16.0. The molecule has 6 heteroatoms. The van der Waals surface area contributed by atoms with Crippen molar-refractivity contribution < 1.29 is 0 Å². The quantitative estimate of drug-likeness (QED) is 0.691. The summed E-state index contributed by atoms with van der Waals surface area (Å²) in [6.45, 7) is 6.98. The number of anilines is 3. The number of nitrogens with zero attached hydrogens (tertiary/aromatic N) is 4. The van der Waals surface area contributed by atoms with Gasteiger partial charge >= 0.3 is 0 Å². The number of hydrogen-bond donors (Lipinski definition) is 1. The van der Waals surface area contributed by atoms with Gasteiger partial charge in [0.05, 0.1) is 0 Å². The second-order valence-corrected chi connectivity index (χ2v) is 7.51. The first-order valence-electron chi connectivity index (χ1n) is 9.55. The van der Waals surface area contributed by atoms with E-state index in [0.717, 1.165) is 49.9 Å². The molecule has 4 rings (SSSR count). The van der Waals surface area contributed by atoms with Crippen molar-refractivity contribution in [2.75, 3.05) is 36.4 Å². The summed E-state index contributed by atoms with van der Waals surface area (Å²) in [5, 5.41) is 3.99. The lowest BCUT2D eigenvalue weighted by molar-refractivity contribution is 0.249. The van der Waals surface area contributed by atoms with E-state index in [1.807, 2.05) is 31.2 Å². The molecule has 0 atom stereocenters. The fourth-order valence-electron chi connectivity index (χ4n) is 3.41. The predicted octanol–water partition coefficient (Wildman–Crippen LogP) is 4.50. The summed E-state index contributed by atoms with van der Waals surface area (Å²) in [4.78, 5) is 14.1. The Hall–Kier alpha value is -2.63. The van der Waals surface area contributed by atoms with Gasteiger partial charge in [-0.1, -0.05) is 41.9 Å². The molecule has 0 amide bonds. The molecule has 2 aromatic carbocycles. The van der Waals surface area contributed by atoms with Gasteiger partial charge in [0.15, 0.2) is 0 Å². The van der Waals surface area contributed by atoms with E-state index in [2.05, 4.69) is 56.5 Å². The highest BCUT2D eigenvalue weighted by molar-refractivity contribution is 6.30. The maximum absolute atomic E-state index is 5.96. The van der Waals surface area contributed by atoms with Gasteiger partial charge in [-0.3, -0.25) is 4.90 Å². The minimum absolute atomic E-state index is 0.615. The third kappa shape index (κ3) is 4.80. The molecule has 28 heavy (non-hydrogen) atoms. The molecule has 1 aliphatic rings. The predicted molar refractivity (Wildman–Crippen MR) is 115 cm³/mol. The van der Waals surface area contributed by atoms with E-state index in [0.29, 0.717) is 11.0 Å². The largest absolute Gasteiger partial charge is 0.354 e. The second kappa shape index (κ2) is 8.59. The van der Waals surface area contributed by atoms with Crippen molar-refractivity contribution in [1.29, 1.82) is 0 Å². The molecule has 0 bridgehead atoms. The van der Waals surface area contributed by atoms with Crippen LogP contribution >= 0.6 is 11.6 Å². The van der Waals surface area contributed by atoms with Crippen molar-refractivity contribution in [2.24, 2.45) is 0 Å². The van der Waals surface area contributed by atoms with Crippen LogP contribution in [0.3, 0.4) is 0 Å². The van der Waals surface area contributed by atoms with Crippen molar-refractivity contribution in [3.8, 4) is 0 Å². The van der Waals surface area contributed by atoms with Crippen molar-refractivity contribution in [2.45, 2.75) is 13.5 Å². The highest BCUT2D eigenvalue weighted by Gasteiger charge is 2.19. The Morgan fingerprint density at radius 3 is 2.36 bits per heavy atom. The van der Waals surface area contributed by atoms with E-state index in [1.54, 1.807) is 0 Å². The summed E-state index contributed by atoms with van der Waals surface area (Å²) >= 11 is 5.96. The summed E-state index contributed by atoms with van der Waals surface area (Å²) in [6.07, 6.45) is 0. The maximum atomic E-state index is 5.96. The zero-order chi connectivity index (χ0) is 19.3. The van der Waals surface area contributed by atoms with Crippen molar-refractivity contribution in [1.82, 2.24) is 14.9 Å². The first-order chi connectivity index (χ1) is 13.7. The number of halogens is 1. The molecule has 3 aromatic rings. The average molecular weight is 394 g/mol. The van der Waals surface area contributed by atoms with Gasteiger partial charge in [0.25, 0.3) is 0 Å². The Morgan fingerprint density at radius 1 is 0.929 bits per heavy atom. The maximum Gasteiger partial charge on any atom is 0.229 e. The Bertz CT molecular complexity index is 906. The Labute approximate surface area is 171 Å². The molecular formula is C22H24ClN5. The Kier molecular flexibility index (Phi) is 5.74. The molecule has 0 radical (unpaired) electrons. The van der Waals surface area contributed by atoms with E-state index in [-0.39, 0.29) is 0 Å². The molecule has 0 saturated carbocycles. The summed E-state index contributed by atoms with van der Waals surface area (Å²) in [7, 11) is 0. The molecule has 0 aliphatic carbocycles. The van der Waals surface area contributed by atoms with Crippen LogP contribution in [-0.2, 0) is 6.54 Å². The third-order valence-corrected chi connectivity index (χ3v) is 5.14. The van der Waals surface area contributed by atoms with E-state index < -0.39 is 0 Å². The normalized spacial score (nSPS) is 14.9. The molecule has 0 unspecified atom stereocenters. The average Bonchev–Trinajstić information content (AvgIpc) is 2.71. The molecule has 2 heterocycles. The molecule has 1 aliphatic heterocycles. The smallest absolute Gasteiger partial charge is 0.229 e. The summed E-state index contributed by atoms with van der Waals surface area (Å²) in [6, 6.07) is 20.3. The van der Waals surface area contributed by atoms with E-state index in [9.17, 15) is 0 Å². The molecule has 5 nitrogen and oxygen atoms in total. The minimum Gasteiger partial charge on any atom is -0.354 e. The van der Waals surface area contributed by atoms with Crippen molar-refractivity contribution in [3.05, 3.63) is 76.9 Å². The van der Waals surface area contributed by atoms with Crippen LogP contribution < -0.4 is 10.2 Å². The van der Waals surface area contributed by atoms with E-state index in [4.69, 9.17) is 16.6 Å². The molecule has 1 fully saturated rings. The monoisotopic (exact) mass is 393 g/mol. The number of aromatic nitrogens is 2. The van der Waals surface area contributed by atoms with Crippen LogP contribution in [0.15, 0.2) is 60.7 Å². The highest BCUT2D eigenvalue weighted by Crippen LogP contribution is 2.21. The van der Waals surface area contributed by atoms with Gasteiger partial charge in [0, 0.05) is 55.2 Å². The van der Waals surface area contributed by atoms with E-state index in [1.165, 1.54) is 5.56 Å². The topological polar surface area (TPSA) is 44.3 Å². The van der Waals surface area contributed by atoms with Gasteiger partial charge in [0.1, 0.15) is 5.82 Å². The lowest BCUT2D eigenvalue weighted by atomic mass is 10.2. The fraction of sp³-hybridized carbons (Fsp3) is 0.273. The second-order valence-electron chi connectivity index (χ2n) is 7.07. The summed E-state index contributed by atoms with van der Waals surface area (Å²) in [5.74, 6) is 1.59. The fourth-order valence-corrected chi connectivity index (χ4v) is 3.53. The van der Waals surface area contributed by atoms with Crippen molar-refractivity contribution in [3.63, 3.8) is 0 Å². The van der Waals surface area contributed by atoms with Gasteiger partial charge in [0.2, 0.25) is 5.95 Å². The number of piperazine rings is 1. The van der Waals surface area contributed by atoms with Gasteiger partial charge in [-0.05, 0) is 36.8 Å². The first kappa shape index (κ1) is 18.7. The van der Waals surface area contributed by atoms with Crippen LogP contribution in [0.5, 0.6) is 0 Å². The van der Waals surface area contributed by atoms with Crippen LogP contribution in [0.4, 0.5) is 17.5 Å². The standard InChI is InChI=1S/C22H24ClN5/c1-17-15-21(26-22(24-17)25-20-9-7-19(23)8-10-20)28-13-11-27(12-14-28)16-18-5-3-2-4-6-18/h2-10,15H,11-14,16H2,1H3,(H,24,25,26). The van der Waals surface area contributed by atoms with Crippen LogP contribution in [-0.4, -0.2) is 41.0 Å². The van der Waals surface area contributed by atoms with Gasteiger partial charge in [-0.2, -0.15) is 4.98 Å². The molecule has 1 N–H and O–H groups in total. The first-order valence-corrected chi connectivity index (χ1v) is 9.93. The lowest BCUT2D eigenvalue weighted by Crippen LogP contribution is -2.46. The summed E-state index contributed by atoms with van der Waals surface area (Å²) < 4.78 is 0. The third-order valence-electron chi connectivity index (χ3n) is 4.89. The number of benzene rings is 2. The zero-order valence-corrected chi connectivity index (χ0v) is 16.7. The van der Waals surface area contributed by atoms with Crippen LogP contribution in [0.25, 0.3) is 0 Å². The number of rotatable bonds is 5. The molecule has 1 saturated heterocycles. The van der Waals surface area contributed by atoms with Crippen LogP contribution in [0.2, 0.25) is 5.02 Å². The summed E-state index contributed by atoms with van der Waals surface area (Å²) in [5.41, 5.74) is 3.24. The molecule has 0 spiro atoms. The SMILES string of the molecule is Cc1cc(N2CCN(Cc3ccccc3)CC2)nc(Nc2ccc(Cl)cc2)n1. The Balaban J connectivity index is 1.40. The Morgan fingerprint density at radius 2 is 1.64 bits per heavy atom. The van der Waals surface area contributed by atoms with Gasteiger partial charge < -0.3 is 10.2 Å². The van der Waals surface area contributed by atoms with Gasteiger partial charge in [-0.25, -0.2) is 4.98 Å². The van der Waals surface area contributed by atoms with Crippen molar-refractivity contribution >= 4 is 29.1 Å². The van der Waals surface area contributed by atoms with Crippen LogP contribution in [0.1, 0.15) is 11.3 Å². The number of nitrogens with one attached hydrogen (secondary N) is 1.